The normalized spacial score (nSPS) is 29.6. The minimum Gasteiger partial charge on any atom is -0.365 e. The molecule has 0 aromatic carbocycles. The molecule has 1 N–H and O–H groups in total. The van der Waals surface area contributed by atoms with E-state index in [1.165, 1.54) is 30.2 Å². The molecule has 1 aliphatic heterocycles. The summed E-state index contributed by atoms with van der Waals surface area (Å²) in [6.07, 6.45) is 3.87. The van der Waals surface area contributed by atoms with Crippen molar-refractivity contribution in [1.82, 2.24) is 5.32 Å². The first-order valence-electron chi connectivity index (χ1n) is 6.92. The first kappa shape index (κ1) is 13.3. The first-order valence-corrected chi connectivity index (χ1v) is 7.91. The van der Waals surface area contributed by atoms with Crippen LogP contribution in [0.15, 0.2) is 4.99 Å². The highest BCUT2D eigenvalue weighted by molar-refractivity contribution is 8.13. The molecule has 1 heterocycles. The van der Waals surface area contributed by atoms with E-state index in [1.54, 1.807) is 0 Å². The lowest BCUT2D eigenvalue weighted by Gasteiger charge is -2.33. The maximum Gasteiger partial charge on any atom is 0.156 e. The van der Waals surface area contributed by atoms with E-state index in [0.29, 0.717) is 10.8 Å². The topological polar surface area (TPSA) is 24.4 Å². The fraction of sp³-hybridized carbons (Fsp3) is 0.929. The van der Waals surface area contributed by atoms with Gasteiger partial charge in [0.15, 0.2) is 5.17 Å². The first-order chi connectivity index (χ1) is 8.01. The van der Waals surface area contributed by atoms with E-state index in [2.05, 4.69) is 33.0 Å². The van der Waals surface area contributed by atoms with Crippen molar-refractivity contribution >= 4 is 16.9 Å². The lowest BCUT2D eigenvalue weighted by molar-refractivity contribution is 0.318. The van der Waals surface area contributed by atoms with Gasteiger partial charge >= 0.3 is 0 Å². The van der Waals surface area contributed by atoms with E-state index >= 15 is 0 Å². The van der Waals surface area contributed by atoms with E-state index in [1.807, 2.05) is 11.8 Å². The van der Waals surface area contributed by atoms with Gasteiger partial charge in [-0.3, -0.25) is 4.99 Å². The molecule has 2 rings (SSSR count). The van der Waals surface area contributed by atoms with E-state index in [-0.39, 0.29) is 0 Å². The molecular weight excluding hydrogens is 228 g/mol. The Hall–Kier alpha value is -0.180. The summed E-state index contributed by atoms with van der Waals surface area (Å²) in [6, 6.07) is 0. The van der Waals surface area contributed by atoms with Gasteiger partial charge < -0.3 is 5.32 Å². The van der Waals surface area contributed by atoms with Gasteiger partial charge in [-0.15, -0.1) is 0 Å². The fourth-order valence-corrected chi connectivity index (χ4v) is 3.76. The van der Waals surface area contributed by atoms with Crippen LogP contribution < -0.4 is 5.32 Å². The predicted octanol–water partition coefficient (Wildman–Crippen LogP) is 3.53. The number of amidine groups is 1. The molecule has 1 fully saturated rings. The third-order valence-corrected chi connectivity index (χ3v) is 6.09. The Labute approximate surface area is 110 Å². The molecule has 1 aliphatic carbocycles. The van der Waals surface area contributed by atoms with Crippen LogP contribution in [0.25, 0.3) is 0 Å². The van der Waals surface area contributed by atoms with E-state index in [9.17, 15) is 0 Å². The Balaban J connectivity index is 1.79. The molecule has 98 valence electrons. The average molecular weight is 254 g/mol. The number of nitrogens with zero attached hydrogens (tertiary/aromatic N) is 1. The molecule has 0 aromatic heterocycles. The number of aliphatic imine (C=N–C) groups is 1. The Morgan fingerprint density at radius 3 is 2.41 bits per heavy atom. The van der Waals surface area contributed by atoms with E-state index in [4.69, 9.17) is 4.99 Å². The number of nitrogens with one attached hydrogen (secondary N) is 1. The van der Waals surface area contributed by atoms with Crippen LogP contribution in [0.5, 0.6) is 0 Å². The highest BCUT2D eigenvalue weighted by Gasteiger charge is 2.45. The molecule has 3 heteroatoms. The third kappa shape index (κ3) is 2.98. The second-order valence-electron chi connectivity index (χ2n) is 6.39. The predicted molar refractivity (Wildman–Crippen MR) is 77.7 cm³/mol. The molecular formula is C14H26N2S. The zero-order valence-corrected chi connectivity index (χ0v) is 12.5. The highest BCUT2D eigenvalue weighted by Crippen LogP contribution is 2.51. The quantitative estimate of drug-likeness (QED) is 0.830. The summed E-state index contributed by atoms with van der Waals surface area (Å²) in [6.45, 7) is 11.4. The lowest BCUT2D eigenvalue weighted by atomic mass is 9.84. The monoisotopic (exact) mass is 254 g/mol. The molecule has 0 aromatic rings. The van der Waals surface area contributed by atoms with Crippen molar-refractivity contribution in [3.8, 4) is 0 Å². The van der Waals surface area contributed by atoms with Gasteiger partial charge in [0.1, 0.15) is 0 Å². The Morgan fingerprint density at radius 2 is 2.00 bits per heavy atom. The van der Waals surface area contributed by atoms with Crippen molar-refractivity contribution < 1.29 is 0 Å². The van der Waals surface area contributed by atoms with Crippen LogP contribution in [-0.2, 0) is 0 Å². The Morgan fingerprint density at radius 1 is 1.35 bits per heavy atom. The van der Waals surface area contributed by atoms with Crippen molar-refractivity contribution in [3.63, 3.8) is 0 Å². The van der Waals surface area contributed by atoms with Crippen molar-refractivity contribution in [2.24, 2.45) is 21.7 Å². The number of hydrogen-bond acceptors (Lipinski definition) is 3. The molecule has 0 amide bonds. The molecule has 1 unspecified atom stereocenters. The summed E-state index contributed by atoms with van der Waals surface area (Å²) in [5.74, 6) is 2.09. The standard InChI is InChI=1S/C14H26N2S/c1-5-14(6-2)9-16-12(17-10-14)15-8-11-7-13(11,3)4/h11H,5-10H2,1-4H3,(H,15,16). The Bertz CT molecular complexity index is 305. The van der Waals surface area contributed by atoms with Crippen LogP contribution in [0, 0.1) is 16.7 Å². The maximum atomic E-state index is 4.74. The summed E-state index contributed by atoms with van der Waals surface area (Å²) in [4.78, 5) is 4.74. The molecule has 0 spiro atoms. The van der Waals surface area contributed by atoms with Gasteiger partial charge in [0.05, 0.1) is 0 Å². The third-order valence-electron chi connectivity index (χ3n) is 4.79. The minimum absolute atomic E-state index is 0.467. The van der Waals surface area contributed by atoms with Crippen molar-refractivity contribution in [2.75, 3.05) is 18.8 Å². The lowest BCUT2D eigenvalue weighted by Crippen LogP contribution is -2.35. The average Bonchev–Trinajstić information content (AvgIpc) is 2.95. The molecule has 0 bridgehead atoms. The second-order valence-corrected chi connectivity index (χ2v) is 7.35. The van der Waals surface area contributed by atoms with E-state index < -0.39 is 0 Å². The van der Waals surface area contributed by atoms with Gasteiger partial charge in [-0.25, -0.2) is 0 Å². The van der Waals surface area contributed by atoms with Crippen LogP contribution in [0.4, 0.5) is 0 Å². The van der Waals surface area contributed by atoms with Gasteiger partial charge in [-0.1, -0.05) is 39.5 Å². The van der Waals surface area contributed by atoms with Gasteiger partial charge in [0, 0.05) is 18.8 Å². The van der Waals surface area contributed by atoms with Crippen LogP contribution in [0.2, 0.25) is 0 Å². The summed E-state index contributed by atoms with van der Waals surface area (Å²) in [7, 11) is 0. The van der Waals surface area contributed by atoms with Crippen molar-refractivity contribution in [2.45, 2.75) is 47.0 Å². The van der Waals surface area contributed by atoms with Gasteiger partial charge in [-0.05, 0) is 36.0 Å². The molecule has 2 aliphatic rings. The fourth-order valence-electron chi connectivity index (χ4n) is 2.47. The molecule has 1 atom stereocenters. The number of rotatable bonds is 4. The van der Waals surface area contributed by atoms with E-state index in [0.717, 1.165) is 19.0 Å². The second kappa shape index (κ2) is 4.83. The summed E-state index contributed by atoms with van der Waals surface area (Å²) in [5, 5.41) is 4.72. The smallest absolute Gasteiger partial charge is 0.156 e. The highest BCUT2D eigenvalue weighted by atomic mass is 32.2. The zero-order chi connectivity index (χ0) is 12.5. The number of hydrogen-bond donors (Lipinski definition) is 1. The van der Waals surface area contributed by atoms with Gasteiger partial charge in [0.2, 0.25) is 0 Å². The maximum absolute atomic E-state index is 4.74. The largest absolute Gasteiger partial charge is 0.365 e. The molecule has 17 heavy (non-hydrogen) atoms. The Kier molecular flexibility index (Phi) is 3.77. The molecule has 2 nitrogen and oxygen atoms in total. The minimum atomic E-state index is 0.467. The summed E-state index contributed by atoms with van der Waals surface area (Å²) < 4.78 is 0. The molecule has 0 radical (unpaired) electrons. The molecule has 0 saturated heterocycles. The van der Waals surface area contributed by atoms with Gasteiger partial charge in [-0.2, -0.15) is 0 Å². The summed E-state index contributed by atoms with van der Waals surface area (Å²) >= 11 is 1.93. The van der Waals surface area contributed by atoms with Crippen molar-refractivity contribution in [3.05, 3.63) is 0 Å². The van der Waals surface area contributed by atoms with Crippen molar-refractivity contribution in [1.29, 1.82) is 0 Å². The van der Waals surface area contributed by atoms with Gasteiger partial charge in [0.25, 0.3) is 0 Å². The zero-order valence-electron chi connectivity index (χ0n) is 11.7. The summed E-state index contributed by atoms with van der Waals surface area (Å²) in [5.41, 5.74) is 1.04. The van der Waals surface area contributed by atoms with Crippen LogP contribution >= 0.6 is 11.8 Å². The SMILES string of the molecule is CCC1(CC)CN=C(NCC2CC2(C)C)SC1. The molecule has 1 saturated carbocycles. The van der Waals surface area contributed by atoms with Crippen LogP contribution in [0.1, 0.15) is 47.0 Å². The van der Waals surface area contributed by atoms with Crippen LogP contribution in [-0.4, -0.2) is 24.0 Å². The van der Waals surface area contributed by atoms with Crippen LogP contribution in [0.3, 0.4) is 0 Å². The number of thioether (sulfide) groups is 1.